The molecule has 0 aromatic carbocycles. The summed E-state index contributed by atoms with van der Waals surface area (Å²) in [5.74, 6) is 1.17. The average molecular weight is 248 g/mol. The first-order valence-electron chi connectivity index (χ1n) is 6.87. The second-order valence-corrected chi connectivity index (χ2v) is 5.35. The van der Waals surface area contributed by atoms with E-state index in [4.69, 9.17) is 4.42 Å². The van der Waals surface area contributed by atoms with E-state index < -0.39 is 0 Å². The van der Waals surface area contributed by atoms with Crippen LogP contribution in [0.4, 0.5) is 0 Å². The second kappa shape index (κ2) is 5.14. The Hall–Kier alpha value is -1.29. The van der Waals surface area contributed by atoms with Gasteiger partial charge in [-0.15, -0.1) is 0 Å². The van der Waals surface area contributed by atoms with Gasteiger partial charge < -0.3 is 14.6 Å². The third kappa shape index (κ3) is 2.58. The Morgan fingerprint density at radius 2 is 2.28 bits per heavy atom. The molecule has 3 heterocycles. The van der Waals surface area contributed by atoms with E-state index in [1.54, 1.807) is 6.26 Å². The molecule has 2 aliphatic heterocycles. The van der Waals surface area contributed by atoms with Crippen LogP contribution < -0.4 is 5.32 Å². The lowest BCUT2D eigenvalue weighted by molar-refractivity contribution is -0.131. The van der Waals surface area contributed by atoms with Gasteiger partial charge in [0.2, 0.25) is 5.91 Å². The molecule has 0 spiro atoms. The van der Waals surface area contributed by atoms with E-state index in [-0.39, 0.29) is 5.91 Å². The summed E-state index contributed by atoms with van der Waals surface area (Å²) in [6.45, 7) is 1.79. The monoisotopic (exact) mass is 248 g/mol. The highest BCUT2D eigenvalue weighted by Crippen LogP contribution is 2.21. The molecule has 18 heavy (non-hydrogen) atoms. The number of aryl methyl sites for hydroxylation is 1. The highest BCUT2D eigenvalue weighted by atomic mass is 16.3. The molecule has 0 saturated carbocycles. The van der Waals surface area contributed by atoms with Crippen molar-refractivity contribution in [3.8, 4) is 0 Å². The average Bonchev–Trinajstić information content (AvgIpc) is 2.96. The van der Waals surface area contributed by atoms with E-state index >= 15 is 0 Å². The van der Waals surface area contributed by atoms with Crippen LogP contribution in [0, 0.1) is 0 Å². The summed E-state index contributed by atoms with van der Waals surface area (Å²) in [6.07, 6.45) is 6.53. The topological polar surface area (TPSA) is 45.5 Å². The Bertz CT molecular complexity index is 402. The van der Waals surface area contributed by atoms with Crippen molar-refractivity contribution in [2.75, 3.05) is 13.1 Å². The summed E-state index contributed by atoms with van der Waals surface area (Å²) in [4.78, 5) is 14.2. The molecule has 4 nitrogen and oxygen atoms in total. The first-order valence-corrected chi connectivity index (χ1v) is 6.87. The number of hydrogen-bond acceptors (Lipinski definition) is 3. The Morgan fingerprint density at radius 3 is 3.11 bits per heavy atom. The molecule has 2 atom stereocenters. The van der Waals surface area contributed by atoms with Gasteiger partial charge in [-0.25, -0.2) is 0 Å². The van der Waals surface area contributed by atoms with Gasteiger partial charge in [0.15, 0.2) is 0 Å². The Balaban J connectivity index is 1.52. The van der Waals surface area contributed by atoms with Crippen molar-refractivity contribution in [1.29, 1.82) is 0 Å². The summed E-state index contributed by atoms with van der Waals surface area (Å²) in [6, 6.07) is 4.95. The smallest absolute Gasteiger partial charge is 0.223 e. The van der Waals surface area contributed by atoms with Crippen LogP contribution in [0.1, 0.15) is 31.4 Å². The Labute approximate surface area is 107 Å². The number of nitrogens with one attached hydrogen (secondary N) is 1. The normalized spacial score (nSPS) is 27.2. The third-order valence-electron chi connectivity index (χ3n) is 4.04. The maximum atomic E-state index is 12.2. The van der Waals surface area contributed by atoms with Gasteiger partial charge in [0, 0.05) is 38.0 Å². The SMILES string of the molecule is O=C(CCc1ccco1)N1CCC2CCC(C1)N2. The lowest BCUT2D eigenvalue weighted by Crippen LogP contribution is -2.39. The van der Waals surface area contributed by atoms with Crippen LogP contribution in [0.25, 0.3) is 0 Å². The number of fused-ring (bicyclic) bond motifs is 2. The maximum Gasteiger partial charge on any atom is 0.223 e. The van der Waals surface area contributed by atoms with Crippen LogP contribution >= 0.6 is 0 Å². The largest absolute Gasteiger partial charge is 0.469 e. The summed E-state index contributed by atoms with van der Waals surface area (Å²) in [5.41, 5.74) is 0. The molecule has 1 aromatic heterocycles. The van der Waals surface area contributed by atoms with Crippen LogP contribution in [0.2, 0.25) is 0 Å². The highest BCUT2D eigenvalue weighted by Gasteiger charge is 2.30. The zero-order valence-corrected chi connectivity index (χ0v) is 10.6. The van der Waals surface area contributed by atoms with Crippen LogP contribution in [0.3, 0.4) is 0 Å². The van der Waals surface area contributed by atoms with Gasteiger partial charge in [-0.1, -0.05) is 0 Å². The van der Waals surface area contributed by atoms with Crippen molar-refractivity contribution in [2.24, 2.45) is 0 Å². The van der Waals surface area contributed by atoms with Gasteiger partial charge in [-0.2, -0.15) is 0 Å². The predicted octanol–water partition coefficient (Wildman–Crippen LogP) is 1.57. The van der Waals surface area contributed by atoms with E-state index in [9.17, 15) is 4.79 Å². The van der Waals surface area contributed by atoms with Gasteiger partial charge in [0.1, 0.15) is 5.76 Å². The van der Waals surface area contributed by atoms with Gasteiger partial charge in [-0.05, 0) is 31.4 Å². The first-order chi connectivity index (χ1) is 8.81. The quantitative estimate of drug-likeness (QED) is 0.883. The number of carbonyl (C=O) groups is 1. The molecule has 2 bridgehead atoms. The van der Waals surface area contributed by atoms with Gasteiger partial charge in [-0.3, -0.25) is 4.79 Å². The Morgan fingerprint density at radius 1 is 1.39 bits per heavy atom. The minimum atomic E-state index is 0.265. The molecule has 0 aliphatic carbocycles. The van der Waals surface area contributed by atoms with Crippen molar-refractivity contribution in [3.05, 3.63) is 24.2 Å². The maximum absolute atomic E-state index is 12.2. The number of rotatable bonds is 3. The van der Waals surface area contributed by atoms with Crippen LogP contribution in [-0.2, 0) is 11.2 Å². The van der Waals surface area contributed by atoms with Crippen molar-refractivity contribution in [1.82, 2.24) is 10.2 Å². The zero-order valence-electron chi connectivity index (χ0n) is 10.6. The van der Waals surface area contributed by atoms with Crippen LogP contribution in [-0.4, -0.2) is 36.0 Å². The van der Waals surface area contributed by atoms with Crippen LogP contribution in [0.15, 0.2) is 22.8 Å². The molecule has 2 unspecified atom stereocenters. The van der Waals surface area contributed by atoms with E-state index in [1.165, 1.54) is 12.8 Å². The van der Waals surface area contributed by atoms with Gasteiger partial charge >= 0.3 is 0 Å². The molecule has 98 valence electrons. The van der Waals surface area contributed by atoms with E-state index in [0.29, 0.717) is 24.9 Å². The van der Waals surface area contributed by atoms with Gasteiger partial charge in [0.05, 0.1) is 6.26 Å². The first kappa shape index (κ1) is 11.8. The molecule has 0 radical (unpaired) electrons. The van der Waals surface area contributed by atoms with Crippen molar-refractivity contribution >= 4 is 5.91 Å². The highest BCUT2D eigenvalue weighted by molar-refractivity contribution is 5.76. The predicted molar refractivity (Wildman–Crippen MR) is 68.2 cm³/mol. The van der Waals surface area contributed by atoms with E-state index in [1.807, 2.05) is 17.0 Å². The minimum absolute atomic E-state index is 0.265. The second-order valence-electron chi connectivity index (χ2n) is 5.35. The summed E-state index contributed by atoms with van der Waals surface area (Å²) >= 11 is 0. The molecule has 2 fully saturated rings. The fourth-order valence-electron chi connectivity index (χ4n) is 3.01. The third-order valence-corrected chi connectivity index (χ3v) is 4.04. The van der Waals surface area contributed by atoms with Gasteiger partial charge in [0.25, 0.3) is 0 Å². The molecule has 3 rings (SSSR count). The summed E-state index contributed by atoms with van der Waals surface area (Å²) in [7, 11) is 0. The van der Waals surface area contributed by atoms with E-state index in [2.05, 4.69) is 5.32 Å². The molecular weight excluding hydrogens is 228 g/mol. The molecule has 2 aliphatic rings. The minimum Gasteiger partial charge on any atom is -0.469 e. The fourth-order valence-corrected chi connectivity index (χ4v) is 3.01. The standard InChI is InChI=1S/C14H20N2O2/c17-14(6-5-13-2-1-9-18-13)16-8-7-11-3-4-12(10-16)15-11/h1-2,9,11-12,15H,3-8,10H2. The number of amides is 1. The number of furan rings is 1. The lowest BCUT2D eigenvalue weighted by atomic mass is 10.1. The zero-order chi connectivity index (χ0) is 12.4. The summed E-state index contributed by atoms with van der Waals surface area (Å²) < 4.78 is 5.26. The van der Waals surface area contributed by atoms with Crippen molar-refractivity contribution < 1.29 is 9.21 Å². The number of likely N-dealkylation sites (tertiary alicyclic amines) is 1. The summed E-state index contributed by atoms with van der Waals surface area (Å²) in [5, 5.41) is 3.59. The molecular formula is C14H20N2O2. The molecule has 2 saturated heterocycles. The Kier molecular flexibility index (Phi) is 3.37. The molecule has 4 heteroatoms. The number of carbonyl (C=O) groups excluding carboxylic acids is 1. The van der Waals surface area contributed by atoms with Crippen molar-refractivity contribution in [2.45, 2.75) is 44.2 Å². The molecule has 1 aromatic rings. The van der Waals surface area contributed by atoms with Crippen molar-refractivity contribution in [3.63, 3.8) is 0 Å². The van der Waals surface area contributed by atoms with E-state index in [0.717, 1.165) is 25.3 Å². The fraction of sp³-hybridized carbons (Fsp3) is 0.643. The lowest BCUT2D eigenvalue weighted by Gasteiger charge is -2.24. The van der Waals surface area contributed by atoms with Crippen LogP contribution in [0.5, 0.6) is 0 Å². The number of hydrogen-bond donors (Lipinski definition) is 1. The molecule has 1 amide bonds. The number of nitrogens with zero attached hydrogens (tertiary/aromatic N) is 1. The molecule has 1 N–H and O–H groups in total.